The molecule has 0 aliphatic rings. The molecule has 3 nitrogen and oxygen atoms in total. The van der Waals surface area contributed by atoms with Crippen LogP contribution >= 0.6 is 0 Å². The highest BCUT2D eigenvalue weighted by Crippen LogP contribution is 2.33. The molecule has 0 spiro atoms. The van der Waals surface area contributed by atoms with Crippen LogP contribution in [0.15, 0.2) is 97.1 Å². The van der Waals surface area contributed by atoms with Crippen LogP contribution in [0.3, 0.4) is 0 Å². The molecule has 0 atom stereocenters. The Balaban J connectivity index is 1.74. The molecule has 4 aromatic carbocycles. The van der Waals surface area contributed by atoms with E-state index < -0.39 is 0 Å². The molecule has 144 valence electrons. The van der Waals surface area contributed by atoms with E-state index in [1.54, 1.807) is 0 Å². The van der Waals surface area contributed by atoms with Crippen molar-refractivity contribution in [1.82, 2.24) is 14.5 Å². The van der Waals surface area contributed by atoms with E-state index >= 15 is 0 Å². The monoisotopic (exact) mass is 395 g/mol. The molecule has 0 aliphatic carbocycles. The van der Waals surface area contributed by atoms with Gasteiger partial charge in [0.1, 0.15) is 0 Å². The number of rotatable bonds is 2. The van der Waals surface area contributed by atoms with Gasteiger partial charge in [-0.3, -0.25) is 4.57 Å². The predicted molar refractivity (Wildman–Crippen MR) is 127 cm³/mol. The molecule has 0 N–H and O–H groups in total. The van der Waals surface area contributed by atoms with Crippen LogP contribution < -0.4 is 0 Å². The molecule has 6 rings (SSSR count). The first kappa shape index (κ1) is 17.4. The van der Waals surface area contributed by atoms with Crippen LogP contribution in [0.25, 0.3) is 49.9 Å². The van der Waals surface area contributed by atoms with Gasteiger partial charge in [-0.1, -0.05) is 72.7 Å². The number of hydrogen-bond donors (Lipinski definition) is 0. The smallest absolute Gasteiger partial charge is 0.235 e. The summed E-state index contributed by atoms with van der Waals surface area (Å²) >= 11 is 0. The maximum absolute atomic E-state index is 5.67. The van der Waals surface area contributed by atoms with Gasteiger partial charge in [0.05, 0.1) is 22.2 Å². The summed E-state index contributed by atoms with van der Waals surface area (Å²) in [7, 11) is 0. The molecule has 0 bridgehead atoms. The summed E-state index contributed by atoms with van der Waals surface area (Å²) in [5.74, 6) is 3.40. The number of fused-ring (bicyclic) bond motifs is 4. The Morgan fingerprint density at radius 1 is 0.645 bits per heavy atom. The summed E-state index contributed by atoms with van der Waals surface area (Å²) in [5.41, 5.74) is 5.86. The van der Waals surface area contributed by atoms with Crippen molar-refractivity contribution in [3.05, 3.63) is 103 Å². The second-order valence-electron chi connectivity index (χ2n) is 7.48. The molecular formula is C28H17N3. The van der Waals surface area contributed by atoms with Crippen molar-refractivity contribution in [1.29, 1.82) is 0 Å². The predicted octanol–water partition coefficient (Wildman–Crippen LogP) is 6.38. The Labute approximate surface area is 179 Å². The Bertz CT molecular complexity index is 1640. The topological polar surface area (TPSA) is 30.7 Å². The van der Waals surface area contributed by atoms with E-state index in [1.165, 1.54) is 0 Å². The summed E-state index contributed by atoms with van der Waals surface area (Å²) in [6, 6.07) is 32.8. The number of nitrogens with zero attached hydrogens (tertiary/aromatic N) is 3. The molecule has 0 radical (unpaired) electrons. The zero-order valence-electron chi connectivity index (χ0n) is 16.7. The molecule has 6 aromatic rings. The highest BCUT2D eigenvalue weighted by atomic mass is 15.2. The minimum Gasteiger partial charge on any atom is -0.278 e. The van der Waals surface area contributed by atoms with Gasteiger partial charge in [0.15, 0.2) is 0 Å². The second kappa shape index (κ2) is 6.83. The molecule has 0 unspecified atom stereocenters. The van der Waals surface area contributed by atoms with Crippen LogP contribution in [0.2, 0.25) is 0 Å². The molecule has 2 aromatic heterocycles. The number of para-hydroxylation sites is 2. The van der Waals surface area contributed by atoms with Gasteiger partial charge in [-0.15, -0.1) is 6.42 Å². The lowest BCUT2D eigenvalue weighted by atomic mass is 10.1. The second-order valence-corrected chi connectivity index (χ2v) is 7.48. The summed E-state index contributed by atoms with van der Waals surface area (Å²) < 4.78 is 2.13. The van der Waals surface area contributed by atoms with Gasteiger partial charge in [0.2, 0.25) is 5.95 Å². The highest BCUT2D eigenvalue weighted by molar-refractivity contribution is 6.09. The Hall–Kier alpha value is -4.42. The molecule has 0 saturated carbocycles. The molecule has 0 aliphatic heterocycles. The van der Waals surface area contributed by atoms with Crippen LogP contribution in [0, 0.1) is 12.3 Å². The Morgan fingerprint density at radius 2 is 1.35 bits per heavy atom. The standard InChI is InChI=1S/C28H17N3/c1-2-19-16-17-26-23(18-19)21-12-7-9-15-25(21)31(26)28-29-24-14-8-6-13-22(24)27(30-28)20-10-4-3-5-11-20/h1,3-18H. The molecule has 31 heavy (non-hydrogen) atoms. The number of aromatic nitrogens is 3. The molecule has 0 saturated heterocycles. The fourth-order valence-corrected chi connectivity index (χ4v) is 4.26. The van der Waals surface area contributed by atoms with E-state index in [4.69, 9.17) is 16.4 Å². The minimum atomic E-state index is 0.650. The van der Waals surface area contributed by atoms with Crippen LogP contribution in [0.4, 0.5) is 0 Å². The van der Waals surface area contributed by atoms with E-state index in [-0.39, 0.29) is 0 Å². The SMILES string of the molecule is C#Cc1ccc2c(c1)c1ccccc1n2-c1nc(-c2ccccc2)c2ccccc2n1. The van der Waals surface area contributed by atoms with E-state index in [9.17, 15) is 0 Å². The zero-order valence-corrected chi connectivity index (χ0v) is 16.7. The maximum atomic E-state index is 5.67. The van der Waals surface area contributed by atoms with Crippen molar-refractivity contribution in [3.63, 3.8) is 0 Å². The number of hydrogen-bond acceptors (Lipinski definition) is 2. The van der Waals surface area contributed by atoms with Gasteiger partial charge in [0, 0.05) is 27.3 Å². The third-order valence-electron chi connectivity index (χ3n) is 5.68. The van der Waals surface area contributed by atoms with Gasteiger partial charge in [0.25, 0.3) is 0 Å². The third-order valence-corrected chi connectivity index (χ3v) is 5.68. The summed E-state index contributed by atoms with van der Waals surface area (Å²) in [4.78, 5) is 10.0. The third kappa shape index (κ3) is 2.70. The zero-order chi connectivity index (χ0) is 20.8. The van der Waals surface area contributed by atoms with Crippen molar-refractivity contribution in [2.75, 3.05) is 0 Å². The summed E-state index contributed by atoms with van der Waals surface area (Å²) in [6.45, 7) is 0. The summed E-state index contributed by atoms with van der Waals surface area (Å²) in [5, 5.41) is 3.27. The van der Waals surface area contributed by atoms with E-state index in [1.807, 2.05) is 54.6 Å². The van der Waals surface area contributed by atoms with Crippen molar-refractivity contribution < 1.29 is 0 Å². The van der Waals surface area contributed by atoms with Gasteiger partial charge in [-0.2, -0.15) is 0 Å². The van der Waals surface area contributed by atoms with E-state index in [0.29, 0.717) is 5.95 Å². The first-order chi connectivity index (χ1) is 15.3. The first-order valence-corrected chi connectivity index (χ1v) is 10.2. The van der Waals surface area contributed by atoms with Crippen LogP contribution in [0.5, 0.6) is 0 Å². The van der Waals surface area contributed by atoms with Crippen LogP contribution in [-0.2, 0) is 0 Å². The fourth-order valence-electron chi connectivity index (χ4n) is 4.26. The average Bonchev–Trinajstić information content (AvgIpc) is 3.17. The van der Waals surface area contributed by atoms with Gasteiger partial charge < -0.3 is 0 Å². The van der Waals surface area contributed by atoms with Crippen molar-refractivity contribution in [2.24, 2.45) is 0 Å². The van der Waals surface area contributed by atoms with Gasteiger partial charge in [-0.25, -0.2) is 9.97 Å². The van der Waals surface area contributed by atoms with Crippen molar-refractivity contribution in [3.8, 4) is 29.5 Å². The average molecular weight is 395 g/mol. The largest absolute Gasteiger partial charge is 0.278 e. The molecule has 2 heterocycles. The molecule has 0 amide bonds. The number of terminal acetylenes is 1. The van der Waals surface area contributed by atoms with E-state index in [0.717, 1.165) is 49.5 Å². The molecule has 0 fully saturated rings. The quantitative estimate of drug-likeness (QED) is 0.319. The molecule has 3 heteroatoms. The Morgan fingerprint density at radius 3 is 2.19 bits per heavy atom. The first-order valence-electron chi connectivity index (χ1n) is 10.2. The lowest BCUT2D eigenvalue weighted by molar-refractivity contribution is 1.01. The van der Waals surface area contributed by atoms with Crippen molar-refractivity contribution >= 4 is 32.7 Å². The van der Waals surface area contributed by atoms with Crippen LogP contribution in [0.1, 0.15) is 5.56 Å². The highest BCUT2D eigenvalue weighted by Gasteiger charge is 2.17. The van der Waals surface area contributed by atoms with Crippen LogP contribution in [-0.4, -0.2) is 14.5 Å². The summed E-state index contributed by atoms with van der Waals surface area (Å²) in [6.07, 6.45) is 5.67. The van der Waals surface area contributed by atoms with Gasteiger partial charge in [-0.05, 0) is 30.3 Å². The van der Waals surface area contributed by atoms with Gasteiger partial charge >= 0.3 is 0 Å². The maximum Gasteiger partial charge on any atom is 0.235 e. The fraction of sp³-hybridized carbons (Fsp3) is 0. The van der Waals surface area contributed by atoms with Crippen molar-refractivity contribution in [2.45, 2.75) is 0 Å². The lowest BCUT2D eigenvalue weighted by Gasteiger charge is -2.11. The normalized spacial score (nSPS) is 11.2. The number of benzene rings is 4. The molecular weight excluding hydrogens is 378 g/mol. The lowest BCUT2D eigenvalue weighted by Crippen LogP contribution is -2.03. The Kier molecular flexibility index (Phi) is 3.84. The van der Waals surface area contributed by atoms with E-state index in [2.05, 4.69) is 53.0 Å². The minimum absolute atomic E-state index is 0.650.